The van der Waals surface area contributed by atoms with Gasteiger partial charge in [0.2, 0.25) is 5.91 Å². The fourth-order valence-corrected chi connectivity index (χ4v) is 5.09. The van der Waals surface area contributed by atoms with E-state index in [-0.39, 0.29) is 29.8 Å². The minimum absolute atomic E-state index is 0.0995. The fourth-order valence-electron chi connectivity index (χ4n) is 5.09. The number of nitrogens with zero attached hydrogens (tertiary/aromatic N) is 1. The lowest BCUT2D eigenvalue weighted by Gasteiger charge is -2.28. The van der Waals surface area contributed by atoms with Gasteiger partial charge < -0.3 is 9.64 Å². The quantitative estimate of drug-likeness (QED) is 0.738. The molecule has 5 atom stereocenters. The summed E-state index contributed by atoms with van der Waals surface area (Å²) in [4.78, 5) is 27.0. The van der Waals surface area contributed by atoms with Gasteiger partial charge in [0.25, 0.3) is 0 Å². The number of ether oxygens (including phenoxy) is 1. The molecule has 3 fully saturated rings. The molecule has 2 bridgehead atoms. The average Bonchev–Trinajstić information content (AvgIpc) is 3.19. The number of amides is 1. The molecular weight excluding hydrogens is 266 g/mol. The summed E-state index contributed by atoms with van der Waals surface area (Å²) in [5.41, 5.74) is 2.27. The summed E-state index contributed by atoms with van der Waals surface area (Å²) in [6.07, 6.45) is 2.90. The van der Waals surface area contributed by atoms with Gasteiger partial charge in [0.1, 0.15) is 6.10 Å². The molecule has 2 saturated carbocycles. The predicted molar refractivity (Wildman–Crippen MR) is 75.6 cm³/mol. The normalized spacial score (nSPS) is 38.8. The monoisotopic (exact) mass is 283 g/mol. The van der Waals surface area contributed by atoms with Crippen LogP contribution in [0.5, 0.6) is 0 Å². The number of rotatable bonds is 1. The largest absolute Gasteiger partial charge is 0.462 e. The van der Waals surface area contributed by atoms with Gasteiger partial charge >= 0.3 is 5.97 Å². The van der Waals surface area contributed by atoms with Crippen LogP contribution < -0.4 is 4.90 Å². The smallest absolute Gasteiger partial charge is 0.310 e. The molecule has 1 amide bonds. The summed E-state index contributed by atoms with van der Waals surface area (Å²) in [5, 5.41) is 0. The lowest BCUT2D eigenvalue weighted by Crippen LogP contribution is -2.42. The average molecular weight is 283 g/mol. The molecule has 1 aromatic carbocycles. The van der Waals surface area contributed by atoms with Crippen LogP contribution in [-0.4, -0.2) is 24.5 Å². The number of carbonyl (C=O) groups is 2. The lowest BCUT2D eigenvalue weighted by molar-refractivity contribution is -0.145. The second kappa shape index (κ2) is 3.87. The number of hydrogen-bond donors (Lipinski definition) is 0. The first-order valence-corrected chi connectivity index (χ1v) is 7.84. The van der Waals surface area contributed by atoms with Gasteiger partial charge in [0.15, 0.2) is 0 Å². The first kappa shape index (κ1) is 11.8. The van der Waals surface area contributed by atoms with Gasteiger partial charge in [-0.1, -0.05) is 18.2 Å². The molecule has 1 saturated heterocycles. The zero-order valence-electron chi connectivity index (χ0n) is 11.7. The number of esters is 1. The lowest BCUT2D eigenvalue weighted by atomic mass is 9.79. The summed E-state index contributed by atoms with van der Waals surface area (Å²) in [5.74, 6) is 0.345. The van der Waals surface area contributed by atoms with E-state index in [0.29, 0.717) is 11.8 Å². The summed E-state index contributed by atoms with van der Waals surface area (Å²) < 4.78 is 5.44. The first-order chi connectivity index (χ1) is 10.2. The van der Waals surface area contributed by atoms with Crippen molar-refractivity contribution < 1.29 is 14.3 Å². The van der Waals surface area contributed by atoms with Crippen molar-refractivity contribution in [3.63, 3.8) is 0 Å². The maximum atomic E-state index is 13.1. The number of benzene rings is 1. The van der Waals surface area contributed by atoms with Crippen molar-refractivity contribution in [2.45, 2.75) is 25.4 Å². The summed E-state index contributed by atoms with van der Waals surface area (Å²) in [6, 6.07) is 8.10. The molecule has 0 N–H and O–H groups in total. The third kappa shape index (κ3) is 1.40. The van der Waals surface area contributed by atoms with Crippen LogP contribution in [0, 0.1) is 23.7 Å². The van der Waals surface area contributed by atoms with Crippen LogP contribution in [-0.2, 0) is 20.7 Å². The van der Waals surface area contributed by atoms with Gasteiger partial charge in [0.05, 0.1) is 11.8 Å². The molecular formula is C17H17NO3. The van der Waals surface area contributed by atoms with E-state index in [1.165, 1.54) is 5.56 Å². The summed E-state index contributed by atoms with van der Waals surface area (Å²) in [6.45, 7) is 0.747. The molecule has 2 aliphatic carbocycles. The van der Waals surface area contributed by atoms with E-state index in [1.807, 2.05) is 23.1 Å². The van der Waals surface area contributed by atoms with Crippen LogP contribution >= 0.6 is 0 Å². The molecule has 2 aliphatic heterocycles. The van der Waals surface area contributed by atoms with Crippen LogP contribution in [0.2, 0.25) is 0 Å². The third-order valence-corrected chi connectivity index (χ3v) is 5.92. The van der Waals surface area contributed by atoms with Crippen LogP contribution in [0.3, 0.4) is 0 Å². The van der Waals surface area contributed by atoms with Crippen molar-refractivity contribution >= 4 is 17.6 Å². The van der Waals surface area contributed by atoms with Gasteiger partial charge in [-0.3, -0.25) is 9.59 Å². The molecule has 4 aliphatic rings. The van der Waals surface area contributed by atoms with Gasteiger partial charge in [0, 0.05) is 18.2 Å². The molecule has 4 heteroatoms. The Balaban J connectivity index is 1.49. The number of carbonyl (C=O) groups excluding carboxylic acids is 2. The molecule has 1 aromatic rings. The van der Waals surface area contributed by atoms with E-state index < -0.39 is 0 Å². The van der Waals surface area contributed by atoms with Gasteiger partial charge in [-0.25, -0.2) is 0 Å². The van der Waals surface area contributed by atoms with Crippen molar-refractivity contribution in [2.75, 3.05) is 11.4 Å². The number of hydrogen-bond acceptors (Lipinski definition) is 3. The number of anilines is 1. The second-order valence-corrected chi connectivity index (χ2v) is 6.79. The number of fused-ring (bicyclic) bond motifs is 2. The van der Waals surface area contributed by atoms with E-state index in [2.05, 4.69) is 6.07 Å². The highest BCUT2D eigenvalue weighted by Crippen LogP contribution is 2.58. The molecule has 0 radical (unpaired) electrons. The Labute approximate surface area is 123 Å². The molecule has 21 heavy (non-hydrogen) atoms. The molecule has 108 valence electrons. The maximum Gasteiger partial charge on any atom is 0.310 e. The Hall–Kier alpha value is -1.84. The van der Waals surface area contributed by atoms with E-state index in [9.17, 15) is 9.59 Å². The minimum atomic E-state index is -0.172. The zero-order chi connectivity index (χ0) is 14.1. The fraction of sp³-hybridized carbons (Fsp3) is 0.529. The molecule has 0 aromatic heterocycles. The van der Waals surface area contributed by atoms with Crippen molar-refractivity contribution in [3.8, 4) is 0 Å². The Morgan fingerprint density at radius 2 is 2.10 bits per heavy atom. The minimum Gasteiger partial charge on any atom is -0.462 e. The van der Waals surface area contributed by atoms with Crippen LogP contribution in [0.25, 0.3) is 0 Å². The van der Waals surface area contributed by atoms with Crippen molar-refractivity contribution in [1.29, 1.82) is 0 Å². The molecule has 0 spiro atoms. The summed E-state index contributed by atoms with van der Waals surface area (Å²) in [7, 11) is 0. The second-order valence-electron chi connectivity index (χ2n) is 6.79. The Morgan fingerprint density at radius 1 is 1.24 bits per heavy atom. The van der Waals surface area contributed by atoms with Crippen molar-refractivity contribution in [1.82, 2.24) is 0 Å². The molecule has 4 nitrogen and oxygen atoms in total. The zero-order valence-corrected chi connectivity index (χ0v) is 11.7. The molecule has 5 rings (SSSR count). The van der Waals surface area contributed by atoms with Crippen LogP contribution in [0.15, 0.2) is 24.3 Å². The highest BCUT2D eigenvalue weighted by atomic mass is 16.6. The van der Waals surface area contributed by atoms with E-state index in [4.69, 9.17) is 4.74 Å². The number of para-hydroxylation sites is 1. The molecule has 0 unspecified atom stereocenters. The topological polar surface area (TPSA) is 46.6 Å². The van der Waals surface area contributed by atoms with Gasteiger partial charge in [-0.15, -0.1) is 0 Å². The van der Waals surface area contributed by atoms with E-state index >= 15 is 0 Å². The third-order valence-electron chi connectivity index (χ3n) is 5.92. The van der Waals surface area contributed by atoms with E-state index in [0.717, 1.165) is 31.5 Å². The highest BCUT2D eigenvalue weighted by molar-refractivity contribution is 6.00. The van der Waals surface area contributed by atoms with Crippen molar-refractivity contribution in [2.24, 2.45) is 23.7 Å². The predicted octanol–water partition coefficient (Wildman–Crippen LogP) is 1.77. The molecule has 2 heterocycles. The summed E-state index contributed by atoms with van der Waals surface area (Å²) >= 11 is 0. The van der Waals surface area contributed by atoms with Crippen LogP contribution in [0.1, 0.15) is 18.4 Å². The first-order valence-electron chi connectivity index (χ1n) is 7.84. The van der Waals surface area contributed by atoms with Crippen LogP contribution in [0.4, 0.5) is 5.69 Å². The SMILES string of the molecule is O=C1O[C@@H]2C[C@H]3C[C@H]2[C@H]1[C@@H]3C(=O)N1CCc2ccccc21. The van der Waals surface area contributed by atoms with Gasteiger partial charge in [-0.05, 0) is 36.8 Å². The van der Waals surface area contributed by atoms with E-state index in [1.54, 1.807) is 0 Å². The van der Waals surface area contributed by atoms with Crippen molar-refractivity contribution in [3.05, 3.63) is 29.8 Å². The Kier molecular flexibility index (Phi) is 2.17. The maximum absolute atomic E-state index is 13.1. The Bertz CT molecular complexity index is 653. The highest BCUT2D eigenvalue weighted by Gasteiger charge is 2.64. The Morgan fingerprint density at radius 3 is 3.00 bits per heavy atom. The van der Waals surface area contributed by atoms with Gasteiger partial charge in [-0.2, -0.15) is 0 Å². The standard InChI is InChI=1S/C17H17NO3/c19-16(18-6-5-9-3-1-2-4-12(9)18)14-10-7-11-13(8-10)21-17(20)15(11)14/h1-4,10-11,13-15H,5-8H2/t10-,11-,13-,14-,15+/m1/s1.